The average Bonchev–Trinajstić information content (AvgIpc) is 2.41. The molecule has 0 heterocycles. The molecule has 1 aliphatic carbocycles. The molecule has 0 aromatic heterocycles. The SMILES string of the molecule is CC(C)(C)C1CCC(Cl)C(CCCc2ccccc2)C1. The van der Waals surface area contributed by atoms with E-state index in [1.807, 2.05) is 0 Å². The zero-order valence-electron chi connectivity index (χ0n) is 13.2. The number of hydrogen-bond donors (Lipinski definition) is 0. The average molecular weight is 293 g/mol. The number of aryl methyl sites for hydroxylation is 1. The molecule has 0 spiro atoms. The van der Waals surface area contributed by atoms with Gasteiger partial charge in [-0.05, 0) is 61.3 Å². The molecule has 2 rings (SSSR count). The zero-order chi connectivity index (χ0) is 14.6. The van der Waals surface area contributed by atoms with Crippen LogP contribution in [-0.4, -0.2) is 5.38 Å². The highest BCUT2D eigenvalue weighted by atomic mass is 35.5. The van der Waals surface area contributed by atoms with Gasteiger partial charge in [-0.25, -0.2) is 0 Å². The van der Waals surface area contributed by atoms with Gasteiger partial charge in [0.25, 0.3) is 0 Å². The molecule has 3 unspecified atom stereocenters. The number of halogens is 1. The van der Waals surface area contributed by atoms with Crippen molar-refractivity contribution in [3.63, 3.8) is 0 Å². The topological polar surface area (TPSA) is 0 Å². The molecule has 0 N–H and O–H groups in total. The lowest BCUT2D eigenvalue weighted by Crippen LogP contribution is -2.32. The monoisotopic (exact) mass is 292 g/mol. The standard InChI is InChI=1S/C19H29Cl/c1-19(2,3)17-12-13-18(20)16(14-17)11-7-10-15-8-5-4-6-9-15/h4-6,8-9,16-18H,7,10-14H2,1-3H3. The maximum atomic E-state index is 6.58. The van der Waals surface area contributed by atoms with E-state index >= 15 is 0 Å². The molecule has 20 heavy (non-hydrogen) atoms. The van der Waals surface area contributed by atoms with Crippen LogP contribution in [0.1, 0.15) is 58.4 Å². The van der Waals surface area contributed by atoms with Crippen LogP contribution in [0, 0.1) is 17.3 Å². The maximum Gasteiger partial charge on any atom is 0.0364 e. The Morgan fingerprint density at radius 2 is 1.80 bits per heavy atom. The van der Waals surface area contributed by atoms with Crippen molar-refractivity contribution in [2.75, 3.05) is 0 Å². The predicted octanol–water partition coefficient (Wildman–Crippen LogP) is 6.08. The van der Waals surface area contributed by atoms with E-state index in [1.54, 1.807) is 0 Å². The van der Waals surface area contributed by atoms with Crippen LogP contribution in [0.5, 0.6) is 0 Å². The summed E-state index contributed by atoms with van der Waals surface area (Å²) in [7, 11) is 0. The molecular weight excluding hydrogens is 264 g/mol. The minimum atomic E-state index is 0.407. The zero-order valence-corrected chi connectivity index (χ0v) is 14.0. The fraction of sp³-hybridized carbons (Fsp3) is 0.684. The third kappa shape index (κ3) is 4.52. The first kappa shape index (κ1) is 15.9. The van der Waals surface area contributed by atoms with Gasteiger partial charge in [0.05, 0.1) is 0 Å². The van der Waals surface area contributed by atoms with Gasteiger partial charge in [-0.1, -0.05) is 51.1 Å². The second kappa shape index (κ2) is 6.98. The highest BCUT2D eigenvalue weighted by Crippen LogP contribution is 2.43. The fourth-order valence-electron chi connectivity index (χ4n) is 3.53. The summed E-state index contributed by atoms with van der Waals surface area (Å²) in [6.45, 7) is 7.15. The van der Waals surface area contributed by atoms with Crippen LogP contribution in [0.4, 0.5) is 0 Å². The summed E-state index contributed by atoms with van der Waals surface area (Å²) >= 11 is 6.58. The Kier molecular flexibility index (Phi) is 5.55. The molecule has 0 saturated heterocycles. The van der Waals surface area contributed by atoms with Crippen molar-refractivity contribution in [1.82, 2.24) is 0 Å². The van der Waals surface area contributed by atoms with Crippen LogP contribution in [0.2, 0.25) is 0 Å². The maximum absolute atomic E-state index is 6.58. The van der Waals surface area contributed by atoms with E-state index in [0.29, 0.717) is 10.8 Å². The molecule has 1 aromatic rings. The van der Waals surface area contributed by atoms with Gasteiger partial charge >= 0.3 is 0 Å². The van der Waals surface area contributed by atoms with Gasteiger partial charge in [0, 0.05) is 5.38 Å². The van der Waals surface area contributed by atoms with Crippen molar-refractivity contribution in [3.05, 3.63) is 35.9 Å². The second-order valence-corrected chi connectivity index (χ2v) is 8.09. The van der Waals surface area contributed by atoms with Crippen LogP contribution in [-0.2, 0) is 6.42 Å². The highest BCUT2D eigenvalue weighted by Gasteiger charge is 2.34. The van der Waals surface area contributed by atoms with E-state index in [9.17, 15) is 0 Å². The predicted molar refractivity (Wildman–Crippen MR) is 89.3 cm³/mol. The summed E-state index contributed by atoms with van der Waals surface area (Å²) < 4.78 is 0. The Bertz CT molecular complexity index is 390. The van der Waals surface area contributed by atoms with Crippen molar-refractivity contribution in [2.24, 2.45) is 17.3 Å². The Labute approximate surface area is 129 Å². The van der Waals surface area contributed by atoms with Gasteiger partial charge in [0.15, 0.2) is 0 Å². The lowest BCUT2D eigenvalue weighted by Gasteiger charge is -2.40. The minimum absolute atomic E-state index is 0.407. The smallest absolute Gasteiger partial charge is 0.0364 e. The molecular formula is C19H29Cl. The fourth-order valence-corrected chi connectivity index (χ4v) is 3.88. The van der Waals surface area contributed by atoms with Gasteiger partial charge in [0.2, 0.25) is 0 Å². The quantitative estimate of drug-likeness (QED) is 0.590. The third-order valence-corrected chi connectivity index (χ3v) is 5.57. The Balaban J connectivity index is 1.81. The van der Waals surface area contributed by atoms with Gasteiger partial charge in [-0.2, -0.15) is 0 Å². The van der Waals surface area contributed by atoms with Crippen molar-refractivity contribution in [1.29, 1.82) is 0 Å². The highest BCUT2D eigenvalue weighted by molar-refractivity contribution is 6.20. The van der Waals surface area contributed by atoms with E-state index < -0.39 is 0 Å². The van der Waals surface area contributed by atoms with Gasteiger partial charge in [0.1, 0.15) is 0 Å². The summed E-state index contributed by atoms with van der Waals surface area (Å²) in [5.74, 6) is 1.57. The Morgan fingerprint density at radius 3 is 2.45 bits per heavy atom. The number of benzene rings is 1. The van der Waals surface area contributed by atoms with Crippen LogP contribution in [0.25, 0.3) is 0 Å². The molecule has 1 heteroatoms. The van der Waals surface area contributed by atoms with E-state index in [0.717, 1.165) is 11.8 Å². The second-order valence-electron chi connectivity index (χ2n) is 7.53. The van der Waals surface area contributed by atoms with Crippen molar-refractivity contribution in [3.8, 4) is 0 Å². The van der Waals surface area contributed by atoms with E-state index in [4.69, 9.17) is 11.6 Å². The molecule has 0 nitrogen and oxygen atoms in total. The van der Waals surface area contributed by atoms with Gasteiger partial charge < -0.3 is 0 Å². The molecule has 1 aliphatic rings. The van der Waals surface area contributed by atoms with Crippen LogP contribution < -0.4 is 0 Å². The number of rotatable bonds is 4. The Morgan fingerprint density at radius 1 is 1.10 bits per heavy atom. The molecule has 1 saturated carbocycles. The van der Waals surface area contributed by atoms with Crippen molar-refractivity contribution < 1.29 is 0 Å². The minimum Gasteiger partial charge on any atom is -0.123 e. The van der Waals surface area contributed by atoms with Crippen LogP contribution in [0.3, 0.4) is 0 Å². The van der Waals surface area contributed by atoms with Crippen LogP contribution >= 0.6 is 11.6 Å². The summed E-state index contributed by atoms with van der Waals surface area (Å²) in [4.78, 5) is 0. The molecule has 3 atom stereocenters. The molecule has 0 radical (unpaired) electrons. The van der Waals surface area contributed by atoms with Crippen LogP contribution in [0.15, 0.2) is 30.3 Å². The summed E-state index contributed by atoms with van der Waals surface area (Å²) in [5, 5.41) is 0.407. The molecule has 1 aromatic carbocycles. The van der Waals surface area contributed by atoms with E-state index in [-0.39, 0.29) is 0 Å². The lowest BCUT2D eigenvalue weighted by atomic mass is 9.68. The summed E-state index contributed by atoms with van der Waals surface area (Å²) in [5.41, 5.74) is 1.90. The summed E-state index contributed by atoms with van der Waals surface area (Å²) in [6, 6.07) is 10.8. The molecule has 0 aliphatic heterocycles. The van der Waals surface area contributed by atoms with Crippen molar-refractivity contribution in [2.45, 2.75) is 64.7 Å². The lowest BCUT2D eigenvalue weighted by molar-refractivity contribution is 0.139. The number of alkyl halides is 1. The summed E-state index contributed by atoms with van der Waals surface area (Å²) in [6.07, 6.45) is 7.60. The largest absolute Gasteiger partial charge is 0.123 e. The van der Waals surface area contributed by atoms with E-state index in [1.165, 1.54) is 44.1 Å². The molecule has 1 fully saturated rings. The molecule has 0 bridgehead atoms. The molecule has 112 valence electrons. The van der Waals surface area contributed by atoms with Gasteiger partial charge in [-0.15, -0.1) is 11.6 Å². The number of hydrogen-bond acceptors (Lipinski definition) is 0. The van der Waals surface area contributed by atoms with E-state index in [2.05, 4.69) is 51.1 Å². The van der Waals surface area contributed by atoms with Gasteiger partial charge in [-0.3, -0.25) is 0 Å². The first-order valence-electron chi connectivity index (χ1n) is 8.15. The normalized spacial score (nSPS) is 27.5. The van der Waals surface area contributed by atoms with Crippen molar-refractivity contribution >= 4 is 11.6 Å². The first-order chi connectivity index (χ1) is 9.47. The Hall–Kier alpha value is -0.490. The third-order valence-electron chi connectivity index (χ3n) is 5.00. The first-order valence-corrected chi connectivity index (χ1v) is 8.58. The molecule has 0 amide bonds.